The molecule has 4 aliphatic carbocycles. The molecule has 0 radical (unpaired) electrons. The Balaban J connectivity index is 1.40. The highest BCUT2D eigenvalue weighted by Crippen LogP contribution is 2.71. The van der Waals surface area contributed by atoms with Gasteiger partial charge in [-0.2, -0.15) is 0 Å². The number of fused-ring (bicyclic) bond motifs is 7. The van der Waals surface area contributed by atoms with E-state index in [1.165, 1.54) is 39.1 Å². The number of nitrogens with zero attached hydrogens (tertiary/aromatic N) is 1. The lowest BCUT2D eigenvalue weighted by Gasteiger charge is -2.40. The van der Waals surface area contributed by atoms with Crippen LogP contribution in [0.2, 0.25) is 0 Å². The molecule has 1 saturated heterocycles. The minimum atomic E-state index is -0.500. The number of hydrogen-bond donors (Lipinski definition) is 0. The van der Waals surface area contributed by atoms with Crippen LogP contribution in [0.4, 0.5) is 0 Å². The van der Waals surface area contributed by atoms with Crippen molar-refractivity contribution in [1.29, 1.82) is 0 Å². The van der Waals surface area contributed by atoms with E-state index in [4.69, 9.17) is 14.2 Å². The summed E-state index contributed by atoms with van der Waals surface area (Å²) in [7, 11) is 3.75. The summed E-state index contributed by atoms with van der Waals surface area (Å²) < 4.78 is 18.7. The van der Waals surface area contributed by atoms with Crippen LogP contribution in [-0.4, -0.2) is 51.0 Å². The van der Waals surface area contributed by atoms with Gasteiger partial charge in [0.2, 0.25) is 0 Å². The van der Waals surface area contributed by atoms with Crippen LogP contribution in [0.25, 0.3) is 0 Å². The van der Waals surface area contributed by atoms with Crippen molar-refractivity contribution in [3.8, 4) is 0 Å². The first-order valence-corrected chi connectivity index (χ1v) is 13.6. The minimum absolute atomic E-state index is 0.124. The molecule has 2 aromatic carbocycles. The zero-order valence-corrected chi connectivity index (χ0v) is 22.0. The lowest BCUT2D eigenvalue weighted by atomic mass is 9.74. The van der Waals surface area contributed by atoms with E-state index in [1.807, 2.05) is 14.2 Å². The first kappa shape index (κ1) is 23.1. The van der Waals surface area contributed by atoms with Crippen molar-refractivity contribution < 1.29 is 14.2 Å². The largest absolute Gasteiger partial charge is 0.500 e. The van der Waals surface area contributed by atoms with Crippen molar-refractivity contribution in [2.75, 3.05) is 40.5 Å². The Bertz CT molecular complexity index is 1350. The van der Waals surface area contributed by atoms with E-state index in [0.29, 0.717) is 5.92 Å². The van der Waals surface area contributed by atoms with E-state index in [-0.39, 0.29) is 11.8 Å². The Morgan fingerprint density at radius 2 is 1.57 bits per heavy atom. The third-order valence-corrected chi connectivity index (χ3v) is 9.40. The first-order valence-electron chi connectivity index (χ1n) is 13.6. The standard InChI is InChI=1S/C33H35NO3/c1-21-18-27-25(20-28(21)34-14-16-37-17-15-34)29-26-19-24(22-10-6-4-7-11-22)32(35-2)31(26)33(27,36-3)30(29)23-12-8-5-9-13-23/h4-13,19,24,29-30H,14-18,20H2,1-3H3/t24-,29-,30-,33-/m1/s1. The molecule has 1 aliphatic heterocycles. The van der Waals surface area contributed by atoms with Crippen molar-refractivity contribution in [3.05, 3.63) is 117 Å². The number of rotatable bonds is 5. The van der Waals surface area contributed by atoms with Gasteiger partial charge in [0.1, 0.15) is 11.4 Å². The van der Waals surface area contributed by atoms with Crippen LogP contribution < -0.4 is 0 Å². The van der Waals surface area contributed by atoms with E-state index in [9.17, 15) is 0 Å². The minimum Gasteiger partial charge on any atom is -0.500 e. The molecule has 1 saturated carbocycles. The average molecular weight is 494 g/mol. The third-order valence-electron chi connectivity index (χ3n) is 9.40. The molecule has 0 spiro atoms. The molecule has 4 atom stereocenters. The van der Waals surface area contributed by atoms with Crippen LogP contribution in [0.3, 0.4) is 0 Å². The van der Waals surface area contributed by atoms with Gasteiger partial charge >= 0.3 is 0 Å². The summed E-state index contributed by atoms with van der Waals surface area (Å²) in [5.41, 5.74) is 10.8. The fourth-order valence-corrected chi connectivity index (χ4v) is 7.97. The number of allylic oxidation sites excluding steroid dienone is 3. The van der Waals surface area contributed by atoms with Crippen molar-refractivity contribution >= 4 is 0 Å². The van der Waals surface area contributed by atoms with Crippen LogP contribution >= 0.6 is 0 Å². The predicted molar refractivity (Wildman–Crippen MR) is 145 cm³/mol. The highest BCUT2D eigenvalue weighted by molar-refractivity contribution is 5.73. The molecular formula is C33H35NO3. The lowest BCUT2D eigenvalue weighted by Crippen LogP contribution is -2.40. The molecule has 2 fully saturated rings. The van der Waals surface area contributed by atoms with Crippen LogP contribution in [0.5, 0.6) is 0 Å². The van der Waals surface area contributed by atoms with Crippen LogP contribution in [0, 0.1) is 5.92 Å². The predicted octanol–water partition coefficient (Wildman–Crippen LogP) is 6.12. The molecule has 4 nitrogen and oxygen atoms in total. The van der Waals surface area contributed by atoms with Gasteiger partial charge in [-0.15, -0.1) is 0 Å². The summed E-state index contributed by atoms with van der Waals surface area (Å²) in [5, 5.41) is 0. The van der Waals surface area contributed by atoms with Gasteiger partial charge in [0.15, 0.2) is 0 Å². The second-order valence-electron chi connectivity index (χ2n) is 10.9. The first-order chi connectivity index (χ1) is 18.2. The van der Waals surface area contributed by atoms with Gasteiger partial charge in [-0.05, 0) is 41.2 Å². The molecule has 37 heavy (non-hydrogen) atoms. The summed E-state index contributed by atoms with van der Waals surface area (Å²) in [6.07, 6.45) is 4.44. The smallest absolute Gasteiger partial charge is 0.126 e. The van der Waals surface area contributed by atoms with Gasteiger partial charge in [0.05, 0.1) is 26.2 Å². The van der Waals surface area contributed by atoms with Crippen LogP contribution in [0.1, 0.15) is 42.7 Å². The molecule has 5 aliphatic rings. The van der Waals surface area contributed by atoms with Gasteiger partial charge in [-0.1, -0.05) is 72.3 Å². The summed E-state index contributed by atoms with van der Waals surface area (Å²) in [5.74, 6) is 1.71. The maximum absolute atomic E-state index is 6.79. The van der Waals surface area contributed by atoms with E-state index in [1.54, 1.807) is 5.57 Å². The Labute approximate surface area is 219 Å². The monoisotopic (exact) mass is 493 g/mol. The average Bonchev–Trinajstić information content (AvgIpc) is 3.57. The molecular weight excluding hydrogens is 458 g/mol. The quantitative estimate of drug-likeness (QED) is 0.470. The van der Waals surface area contributed by atoms with Crippen molar-refractivity contribution in [2.24, 2.45) is 5.92 Å². The lowest BCUT2D eigenvalue weighted by molar-refractivity contribution is 0.0405. The van der Waals surface area contributed by atoms with Crippen molar-refractivity contribution in [1.82, 2.24) is 4.90 Å². The topological polar surface area (TPSA) is 30.9 Å². The number of hydrogen-bond acceptors (Lipinski definition) is 4. The van der Waals surface area contributed by atoms with Gasteiger partial charge < -0.3 is 19.1 Å². The molecule has 0 amide bonds. The summed E-state index contributed by atoms with van der Waals surface area (Å²) in [6, 6.07) is 21.8. The maximum Gasteiger partial charge on any atom is 0.126 e. The van der Waals surface area contributed by atoms with Gasteiger partial charge in [0, 0.05) is 49.7 Å². The highest BCUT2D eigenvalue weighted by Gasteiger charge is 2.67. The van der Waals surface area contributed by atoms with Gasteiger partial charge in [-0.25, -0.2) is 0 Å². The zero-order valence-electron chi connectivity index (χ0n) is 22.0. The number of methoxy groups -OCH3 is 2. The Kier molecular flexibility index (Phi) is 5.45. The second-order valence-corrected chi connectivity index (χ2v) is 10.9. The normalized spacial score (nSPS) is 30.6. The molecule has 2 aromatic rings. The van der Waals surface area contributed by atoms with E-state index >= 15 is 0 Å². The SMILES string of the molecule is COC1=C2C(=C[C@@H]1c1ccccc1)[C@H]1C3=C(CC(C)=C(N4CCOCC4)C3)[C@@]2(OC)[C@@H]1c1ccccc1. The van der Waals surface area contributed by atoms with Crippen LogP contribution in [0.15, 0.2) is 106 Å². The van der Waals surface area contributed by atoms with Crippen molar-refractivity contribution in [3.63, 3.8) is 0 Å². The molecule has 0 N–H and O–H groups in total. The molecule has 1 heterocycles. The Morgan fingerprint density at radius 1 is 0.892 bits per heavy atom. The van der Waals surface area contributed by atoms with Crippen LogP contribution in [-0.2, 0) is 14.2 Å². The summed E-state index contributed by atoms with van der Waals surface area (Å²) >= 11 is 0. The summed E-state index contributed by atoms with van der Waals surface area (Å²) in [4.78, 5) is 2.57. The Hall–Kier alpha value is -3.08. The van der Waals surface area contributed by atoms with Gasteiger partial charge in [0.25, 0.3) is 0 Å². The van der Waals surface area contributed by atoms with Crippen molar-refractivity contribution in [2.45, 2.75) is 37.2 Å². The highest BCUT2D eigenvalue weighted by atomic mass is 16.5. The molecule has 0 aromatic heterocycles. The zero-order chi connectivity index (χ0) is 25.1. The molecule has 4 heteroatoms. The van der Waals surface area contributed by atoms with E-state index in [0.717, 1.165) is 44.9 Å². The fourth-order valence-electron chi connectivity index (χ4n) is 7.97. The Morgan fingerprint density at radius 3 is 2.22 bits per heavy atom. The number of benzene rings is 2. The molecule has 2 bridgehead atoms. The number of ether oxygens (including phenoxy) is 3. The van der Waals surface area contributed by atoms with E-state index < -0.39 is 5.60 Å². The fraction of sp³-hybridized carbons (Fsp3) is 0.394. The molecule has 7 rings (SSSR count). The third kappa shape index (κ3) is 3.15. The van der Waals surface area contributed by atoms with E-state index in [2.05, 4.69) is 78.6 Å². The summed E-state index contributed by atoms with van der Waals surface area (Å²) in [6.45, 7) is 5.92. The maximum atomic E-state index is 6.79. The second kappa shape index (κ2) is 8.75. The molecule has 190 valence electrons. The molecule has 0 unspecified atom stereocenters. The number of morpholine rings is 1. The van der Waals surface area contributed by atoms with Gasteiger partial charge in [-0.3, -0.25) is 0 Å².